The normalized spacial score (nSPS) is 12.4. The Morgan fingerprint density at radius 1 is 1.45 bits per heavy atom. The van der Waals surface area contributed by atoms with Crippen LogP contribution in [-0.2, 0) is 0 Å². The number of anilines is 1. The molecule has 0 unspecified atom stereocenters. The molecule has 0 saturated heterocycles. The molecule has 0 bridgehead atoms. The third kappa shape index (κ3) is 2.10. The number of nitrogens with one attached hydrogen (secondary N) is 1. The Kier molecular flexibility index (Phi) is 3.07. The molecule has 0 aliphatic rings. The maximum absolute atomic E-state index is 11.2. The quantitative estimate of drug-likeness (QED) is 0.589. The molecule has 1 N–H and O–H groups in total. The van der Waals surface area contributed by atoms with E-state index in [-0.39, 0.29) is 17.7 Å². The van der Waals surface area contributed by atoms with Gasteiger partial charge in [0.05, 0.1) is 6.04 Å². The third-order valence-electron chi connectivity index (χ3n) is 2.97. The first-order valence-electron chi connectivity index (χ1n) is 5.93. The van der Waals surface area contributed by atoms with Crippen molar-refractivity contribution in [3.8, 4) is 0 Å². The maximum Gasteiger partial charge on any atom is 0.372 e. The number of pyridine rings is 1. The molecule has 3 heterocycles. The molecule has 8 heteroatoms. The summed E-state index contributed by atoms with van der Waals surface area (Å²) in [5.41, 5.74) is 0.991. The summed E-state index contributed by atoms with van der Waals surface area (Å²) in [7, 11) is 0. The minimum Gasteiger partial charge on any atom is -0.358 e. The van der Waals surface area contributed by atoms with E-state index in [1.54, 1.807) is 24.0 Å². The monoisotopic (exact) mass is 289 g/mol. The van der Waals surface area contributed by atoms with Gasteiger partial charge in [-0.3, -0.25) is 4.98 Å². The summed E-state index contributed by atoms with van der Waals surface area (Å²) in [4.78, 5) is 19.6. The fraction of sp³-hybridized carbons (Fsp3) is 0.167. The Hall–Kier alpha value is -2.48. The Balaban J connectivity index is 1.96. The molecule has 20 heavy (non-hydrogen) atoms. The van der Waals surface area contributed by atoms with Crippen molar-refractivity contribution in [2.45, 2.75) is 13.0 Å². The molecule has 0 radical (unpaired) electrons. The molecule has 0 aliphatic heterocycles. The number of hydrogen-bond donors (Lipinski definition) is 1. The van der Waals surface area contributed by atoms with Crippen LogP contribution >= 0.6 is 11.3 Å². The van der Waals surface area contributed by atoms with Gasteiger partial charge in [0.15, 0.2) is 0 Å². The number of rotatable bonds is 4. The summed E-state index contributed by atoms with van der Waals surface area (Å²) >= 11 is 1.36. The first-order chi connectivity index (χ1) is 9.66. The summed E-state index contributed by atoms with van der Waals surface area (Å²) in [6, 6.07) is 3.63. The largest absolute Gasteiger partial charge is 0.372 e. The van der Waals surface area contributed by atoms with Crippen LogP contribution in [-0.4, -0.2) is 19.3 Å². The predicted molar refractivity (Wildman–Crippen MR) is 76.0 cm³/mol. The van der Waals surface area contributed by atoms with Gasteiger partial charge in [0, 0.05) is 17.8 Å². The van der Waals surface area contributed by atoms with Crippen LogP contribution in [0.25, 0.3) is 4.96 Å². The van der Waals surface area contributed by atoms with Gasteiger partial charge in [-0.1, -0.05) is 11.3 Å². The van der Waals surface area contributed by atoms with Crippen LogP contribution < -0.4 is 5.32 Å². The molecule has 0 aromatic carbocycles. The van der Waals surface area contributed by atoms with Crippen molar-refractivity contribution < 1.29 is 4.92 Å². The van der Waals surface area contributed by atoms with Crippen LogP contribution in [0.15, 0.2) is 36.1 Å². The molecule has 0 amide bonds. The van der Waals surface area contributed by atoms with Crippen LogP contribution in [0, 0.1) is 10.1 Å². The molecule has 0 aliphatic carbocycles. The first-order valence-corrected chi connectivity index (χ1v) is 6.81. The van der Waals surface area contributed by atoms with Crippen molar-refractivity contribution in [3.05, 3.63) is 51.8 Å². The first kappa shape index (κ1) is 12.5. The predicted octanol–water partition coefficient (Wildman–Crippen LogP) is 2.87. The highest BCUT2D eigenvalue weighted by atomic mass is 32.1. The lowest BCUT2D eigenvalue weighted by Crippen LogP contribution is -2.08. The van der Waals surface area contributed by atoms with E-state index in [9.17, 15) is 10.1 Å². The lowest BCUT2D eigenvalue weighted by molar-refractivity contribution is -0.389. The number of nitrogens with zero attached hydrogens (tertiary/aromatic N) is 4. The molecule has 3 rings (SSSR count). The molecule has 102 valence electrons. The fourth-order valence-corrected chi connectivity index (χ4v) is 2.69. The van der Waals surface area contributed by atoms with Gasteiger partial charge in [0.25, 0.3) is 4.96 Å². The van der Waals surface area contributed by atoms with Gasteiger partial charge in [-0.2, -0.15) is 9.38 Å². The van der Waals surface area contributed by atoms with Crippen molar-refractivity contribution in [2.75, 3.05) is 5.32 Å². The molecule has 0 spiro atoms. The highest BCUT2D eigenvalue weighted by Crippen LogP contribution is 2.30. The summed E-state index contributed by atoms with van der Waals surface area (Å²) in [6.45, 7) is 1.92. The van der Waals surface area contributed by atoms with Gasteiger partial charge in [0.2, 0.25) is 5.82 Å². The number of imidazole rings is 1. The average Bonchev–Trinajstić information content (AvgIpc) is 2.99. The molecule has 3 aromatic rings. The van der Waals surface area contributed by atoms with E-state index in [0.29, 0.717) is 4.96 Å². The molecule has 0 saturated carbocycles. The zero-order valence-electron chi connectivity index (χ0n) is 10.6. The van der Waals surface area contributed by atoms with Gasteiger partial charge in [-0.15, -0.1) is 0 Å². The van der Waals surface area contributed by atoms with E-state index in [0.717, 1.165) is 5.56 Å². The van der Waals surface area contributed by atoms with Crippen molar-refractivity contribution in [1.82, 2.24) is 14.4 Å². The van der Waals surface area contributed by atoms with Gasteiger partial charge in [0.1, 0.15) is 6.20 Å². The van der Waals surface area contributed by atoms with Crippen molar-refractivity contribution in [1.29, 1.82) is 0 Å². The standard InChI is InChI=1S/C12H11N5O2S/c1-8(9-2-4-13-5-3-9)14-10-11(17(18)19)16-6-7-20-12(16)15-10/h2-8,14H,1H3/t8-/m1/s1. The van der Waals surface area contributed by atoms with Crippen LogP contribution in [0.2, 0.25) is 0 Å². The Bertz CT molecular complexity index is 752. The number of thiazole rings is 1. The number of fused-ring (bicyclic) bond motifs is 1. The highest BCUT2D eigenvalue weighted by molar-refractivity contribution is 7.15. The second-order valence-electron chi connectivity index (χ2n) is 4.24. The van der Waals surface area contributed by atoms with Gasteiger partial charge < -0.3 is 15.4 Å². The number of nitro groups is 1. The average molecular weight is 289 g/mol. The molecular formula is C12H11N5O2S. The van der Waals surface area contributed by atoms with E-state index in [1.807, 2.05) is 19.1 Å². The molecule has 1 atom stereocenters. The Morgan fingerprint density at radius 2 is 2.20 bits per heavy atom. The lowest BCUT2D eigenvalue weighted by Gasteiger charge is -2.12. The van der Waals surface area contributed by atoms with Crippen molar-refractivity contribution in [3.63, 3.8) is 0 Å². The van der Waals surface area contributed by atoms with Crippen LogP contribution in [0.4, 0.5) is 11.6 Å². The van der Waals surface area contributed by atoms with E-state index in [1.165, 1.54) is 15.7 Å². The molecule has 7 nitrogen and oxygen atoms in total. The number of hydrogen-bond acceptors (Lipinski definition) is 6. The third-order valence-corrected chi connectivity index (χ3v) is 3.73. The Morgan fingerprint density at radius 3 is 2.90 bits per heavy atom. The summed E-state index contributed by atoms with van der Waals surface area (Å²) in [5, 5.41) is 16.1. The zero-order chi connectivity index (χ0) is 14.1. The summed E-state index contributed by atoms with van der Waals surface area (Å²) in [5.74, 6) is 0.244. The highest BCUT2D eigenvalue weighted by Gasteiger charge is 2.24. The second-order valence-corrected chi connectivity index (χ2v) is 5.12. The minimum atomic E-state index is -0.422. The zero-order valence-corrected chi connectivity index (χ0v) is 11.4. The second kappa shape index (κ2) is 4.89. The maximum atomic E-state index is 11.2. The molecular weight excluding hydrogens is 278 g/mol. The number of aromatic nitrogens is 3. The van der Waals surface area contributed by atoms with E-state index < -0.39 is 4.92 Å². The minimum absolute atomic E-state index is 0.0397. The lowest BCUT2D eigenvalue weighted by atomic mass is 10.1. The SMILES string of the molecule is C[C@@H](Nc1nc2sccn2c1[N+](=O)[O-])c1ccncc1. The summed E-state index contributed by atoms with van der Waals surface area (Å²) in [6.07, 6.45) is 5.02. The van der Waals surface area contributed by atoms with E-state index >= 15 is 0 Å². The molecule has 3 aromatic heterocycles. The van der Waals surface area contributed by atoms with Gasteiger partial charge in [-0.05, 0) is 29.5 Å². The summed E-state index contributed by atoms with van der Waals surface area (Å²) < 4.78 is 1.48. The van der Waals surface area contributed by atoms with Crippen LogP contribution in [0.3, 0.4) is 0 Å². The van der Waals surface area contributed by atoms with Crippen molar-refractivity contribution in [2.24, 2.45) is 0 Å². The fourth-order valence-electron chi connectivity index (χ4n) is 1.99. The van der Waals surface area contributed by atoms with Gasteiger partial charge >= 0.3 is 5.82 Å². The van der Waals surface area contributed by atoms with Crippen LogP contribution in [0.1, 0.15) is 18.5 Å². The van der Waals surface area contributed by atoms with Gasteiger partial charge in [-0.25, -0.2) is 0 Å². The van der Waals surface area contributed by atoms with Crippen molar-refractivity contribution >= 4 is 27.9 Å². The van der Waals surface area contributed by atoms with E-state index in [4.69, 9.17) is 0 Å². The van der Waals surface area contributed by atoms with Crippen LogP contribution in [0.5, 0.6) is 0 Å². The smallest absolute Gasteiger partial charge is 0.358 e. The Labute approximate surface area is 118 Å². The molecule has 0 fully saturated rings. The topological polar surface area (TPSA) is 85.4 Å². The van der Waals surface area contributed by atoms with E-state index in [2.05, 4.69) is 15.3 Å².